The average Bonchev–Trinajstić information content (AvgIpc) is 2.72. The van der Waals surface area contributed by atoms with Gasteiger partial charge in [0.15, 0.2) is 0 Å². The Morgan fingerprint density at radius 1 is 0.848 bits per heavy atom. The van der Waals surface area contributed by atoms with Crippen molar-refractivity contribution in [2.45, 2.75) is 115 Å². The topological polar surface area (TPSA) is 98.0 Å². The minimum atomic E-state index is 0. The predicted molar refractivity (Wildman–Crippen MR) is 159 cm³/mol. The molecule has 7 N–H and O–H groups in total. The van der Waals surface area contributed by atoms with Crippen LogP contribution in [0, 0.1) is 26.2 Å². The van der Waals surface area contributed by atoms with Crippen LogP contribution in [0.4, 0.5) is 0 Å². The van der Waals surface area contributed by atoms with Gasteiger partial charge in [-0.1, -0.05) is 112 Å². The predicted octanol–water partition coefficient (Wildman–Crippen LogP) is 9.57. The van der Waals surface area contributed by atoms with E-state index < -0.39 is 0 Å². The normalized spacial score (nSPS) is 8.82. The van der Waals surface area contributed by atoms with Gasteiger partial charge in [-0.2, -0.15) is 0 Å². The van der Waals surface area contributed by atoms with E-state index in [1.54, 1.807) is 0 Å². The van der Waals surface area contributed by atoms with Gasteiger partial charge in [-0.25, -0.2) is 0 Å². The summed E-state index contributed by atoms with van der Waals surface area (Å²) in [6, 6.07) is 4.52. The Morgan fingerprint density at radius 3 is 1.64 bits per heavy atom. The molecule has 0 unspecified atom stereocenters. The summed E-state index contributed by atoms with van der Waals surface area (Å²) in [6.07, 6.45) is 9.07. The van der Waals surface area contributed by atoms with Gasteiger partial charge in [0.1, 0.15) is 0 Å². The van der Waals surface area contributed by atoms with Gasteiger partial charge >= 0.3 is 0 Å². The largest absolute Gasteiger partial charge is 0.412 e. The Labute approximate surface area is 210 Å². The summed E-state index contributed by atoms with van der Waals surface area (Å²) in [6.45, 7) is 35.7. The fourth-order valence-corrected chi connectivity index (χ4v) is 2.96. The summed E-state index contributed by atoms with van der Waals surface area (Å²) in [5, 5.41) is 0. The molecule has 0 saturated heterocycles. The van der Waals surface area contributed by atoms with Gasteiger partial charge in [-0.05, 0) is 73.3 Å². The van der Waals surface area contributed by atoms with Gasteiger partial charge in [-0.15, -0.1) is 6.58 Å². The molecule has 0 aliphatic heterocycles. The van der Waals surface area contributed by atoms with Gasteiger partial charge in [0, 0.05) is 1.43 Å². The third-order valence-corrected chi connectivity index (χ3v) is 4.97. The van der Waals surface area contributed by atoms with Gasteiger partial charge in [0.25, 0.3) is 0 Å². The van der Waals surface area contributed by atoms with E-state index in [-0.39, 0.29) is 23.9 Å². The third-order valence-electron chi connectivity index (χ3n) is 4.97. The van der Waals surface area contributed by atoms with E-state index in [2.05, 4.69) is 80.3 Å². The Balaban J connectivity index is -0.0000000981. The number of unbranched alkanes of at least 4 members (excludes halogenated alkanes) is 2. The Kier molecular flexibility index (Phi) is 36.2. The highest BCUT2D eigenvalue weighted by Gasteiger charge is 2.14. The third kappa shape index (κ3) is 21.9. The molecule has 1 aromatic rings. The van der Waals surface area contributed by atoms with Crippen LogP contribution < -0.4 is 6.15 Å². The SMILES string of the molecule is C=CC(C)(C)CC(=C)CCC(=C)c1cc(C)c(C)cc1C.CC.CC.CCCCC.N.O.O.[HH]. The summed E-state index contributed by atoms with van der Waals surface area (Å²) in [7, 11) is 0. The van der Waals surface area contributed by atoms with Crippen molar-refractivity contribution in [2.75, 3.05) is 0 Å². The van der Waals surface area contributed by atoms with E-state index in [9.17, 15) is 0 Å². The van der Waals surface area contributed by atoms with Crippen LogP contribution in [0.5, 0.6) is 0 Å². The highest BCUT2D eigenvalue weighted by molar-refractivity contribution is 5.67. The van der Waals surface area contributed by atoms with Crippen LogP contribution in [0.3, 0.4) is 0 Å². The molecule has 200 valence electrons. The van der Waals surface area contributed by atoms with Crippen molar-refractivity contribution in [3.8, 4) is 0 Å². The van der Waals surface area contributed by atoms with E-state index in [1.165, 1.54) is 52.7 Å². The maximum absolute atomic E-state index is 4.28. The molecule has 3 heteroatoms. The van der Waals surface area contributed by atoms with Crippen molar-refractivity contribution in [2.24, 2.45) is 5.41 Å². The number of aryl methyl sites for hydroxylation is 3. The number of benzene rings is 1. The average molecular weight is 470 g/mol. The summed E-state index contributed by atoms with van der Waals surface area (Å²) < 4.78 is 0. The molecule has 0 spiro atoms. The molecule has 0 amide bonds. The maximum Gasteiger partial charge on any atom is 0 e. The quantitative estimate of drug-likeness (QED) is 0.358. The van der Waals surface area contributed by atoms with Crippen LogP contribution in [0.1, 0.15) is 118 Å². The zero-order chi connectivity index (χ0) is 24.3. The maximum atomic E-state index is 4.28. The first-order valence-electron chi connectivity index (χ1n) is 12.1. The van der Waals surface area contributed by atoms with Crippen molar-refractivity contribution in [1.82, 2.24) is 6.15 Å². The molecule has 1 aromatic carbocycles. The molecule has 3 nitrogen and oxygen atoms in total. The smallest absolute Gasteiger partial charge is 0 e. The summed E-state index contributed by atoms with van der Waals surface area (Å²) in [5.74, 6) is 0. The fourth-order valence-electron chi connectivity index (χ4n) is 2.96. The molecule has 0 radical (unpaired) electrons. The van der Waals surface area contributed by atoms with Crippen molar-refractivity contribution in [1.29, 1.82) is 0 Å². The molecule has 0 aliphatic rings. The zero-order valence-corrected chi connectivity index (χ0v) is 24.3. The Morgan fingerprint density at radius 2 is 1.27 bits per heavy atom. The van der Waals surface area contributed by atoms with E-state index in [0.717, 1.165) is 19.3 Å². The highest BCUT2D eigenvalue weighted by Crippen LogP contribution is 2.30. The van der Waals surface area contributed by atoms with Crippen LogP contribution in [0.25, 0.3) is 5.57 Å². The highest BCUT2D eigenvalue weighted by atomic mass is 16.0. The number of rotatable bonds is 9. The minimum Gasteiger partial charge on any atom is -0.412 e. The zero-order valence-electron chi connectivity index (χ0n) is 24.3. The van der Waals surface area contributed by atoms with Crippen LogP contribution in [0.2, 0.25) is 0 Å². The first-order chi connectivity index (χ1) is 14.1. The van der Waals surface area contributed by atoms with Crippen LogP contribution in [-0.2, 0) is 0 Å². The molecule has 0 bridgehead atoms. The van der Waals surface area contributed by atoms with Crippen molar-refractivity contribution >= 4 is 5.57 Å². The lowest BCUT2D eigenvalue weighted by molar-refractivity contribution is 0.470. The van der Waals surface area contributed by atoms with Gasteiger partial charge < -0.3 is 17.1 Å². The Hall–Kier alpha value is -1.68. The summed E-state index contributed by atoms with van der Waals surface area (Å²) in [4.78, 5) is 0. The molecule has 0 heterocycles. The van der Waals surface area contributed by atoms with Crippen molar-refractivity contribution in [3.05, 3.63) is 65.8 Å². The van der Waals surface area contributed by atoms with Gasteiger partial charge in [-0.3, -0.25) is 0 Å². The standard InChI is InChI=1S/C21H30.C5H12.2C2H6.H3N.2H2O.H2/c1-9-21(7,8)14-15(2)10-11-16(3)20-13-18(5)17(4)12-19(20)6;1-3-5-4-2;2*1-2;;;;/h9,12-13H,1-3,10-11,14H2,4-8H3;3-5H2,1-2H3;2*1-2H3;1H3;2*1H2;1H. The molecule has 0 fully saturated rings. The molecule has 0 atom stereocenters. The van der Waals surface area contributed by atoms with Crippen LogP contribution in [0.15, 0.2) is 43.5 Å². The van der Waals surface area contributed by atoms with Crippen LogP contribution >= 0.6 is 0 Å². The molecule has 1 rings (SSSR count). The monoisotopic (exact) mass is 469 g/mol. The second-order valence-corrected chi connectivity index (χ2v) is 8.33. The number of hydrogen-bond donors (Lipinski definition) is 1. The second kappa shape index (κ2) is 26.6. The fraction of sp³-hybridized carbons (Fsp3) is 0.600. The summed E-state index contributed by atoms with van der Waals surface area (Å²) in [5.41, 5.74) is 7.93. The molecular formula is C30H63NO2. The second-order valence-electron chi connectivity index (χ2n) is 8.33. The van der Waals surface area contributed by atoms with E-state index in [0.29, 0.717) is 0 Å². The molecule has 0 aliphatic carbocycles. The summed E-state index contributed by atoms with van der Waals surface area (Å²) >= 11 is 0. The van der Waals surface area contributed by atoms with Crippen molar-refractivity contribution < 1.29 is 12.4 Å². The first kappa shape index (κ1) is 44.9. The lowest BCUT2D eigenvalue weighted by Crippen LogP contribution is -2.07. The Bertz CT molecular complexity index is 620. The van der Waals surface area contributed by atoms with E-state index in [4.69, 9.17) is 0 Å². The molecule has 0 aromatic heterocycles. The van der Waals surface area contributed by atoms with E-state index in [1.807, 2.05) is 33.8 Å². The number of allylic oxidation sites excluding steroid dienone is 3. The van der Waals surface area contributed by atoms with E-state index >= 15 is 0 Å². The van der Waals surface area contributed by atoms with Crippen molar-refractivity contribution in [3.63, 3.8) is 0 Å². The van der Waals surface area contributed by atoms with Crippen LogP contribution in [-0.4, -0.2) is 11.0 Å². The lowest BCUT2D eigenvalue weighted by atomic mass is 9.84. The first-order valence-corrected chi connectivity index (χ1v) is 12.1. The molecule has 0 saturated carbocycles. The minimum absolute atomic E-state index is 0. The number of hydrogen-bond acceptors (Lipinski definition) is 1. The lowest BCUT2D eigenvalue weighted by Gasteiger charge is -2.21. The van der Waals surface area contributed by atoms with Gasteiger partial charge in [0.05, 0.1) is 0 Å². The molecule has 33 heavy (non-hydrogen) atoms. The molecular weight excluding hydrogens is 406 g/mol. The van der Waals surface area contributed by atoms with Gasteiger partial charge in [0.2, 0.25) is 0 Å².